The van der Waals surface area contributed by atoms with Crippen LogP contribution in [-0.2, 0) is 20.7 Å². The van der Waals surface area contributed by atoms with Gasteiger partial charge in [-0.25, -0.2) is 4.68 Å². The molecular formula is C28H29Cl2N5O3. The number of amides is 1. The number of nitrogens with two attached hydrogens (primary N) is 1. The van der Waals surface area contributed by atoms with Gasteiger partial charge in [0.2, 0.25) is 0 Å². The minimum absolute atomic E-state index is 0.0945. The van der Waals surface area contributed by atoms with Crippen molar-refractivity contribution in [2.24, 2.45) is 5.73 Å². The SMILES string of the molecule is CC1=C(C(=O)N2CCC[C@H]2COC(=O)[C@@H](N)Cc2ccccc2)C(c2ccc(Cl)c(Cl)c2)n2nccc2N1. The van der Waals surface area contributed by atoms with Crippen molar-refractivity contribution >= 4 is 40.9 Å². The molecule has 8 nitrogen and oxygen atoms in total. The second-order valence-corrected chi connectivity index (χ2v) is 10.4. The highest BCUT2D eigenvalue weighted by molar-refractivity contribution is 6.42. The number of halogens is 2. The maximum absolute atomic E-state index is 14.1. The molecule has 1 saturated heterocycles. The van der Waals surface area contributed by atoms with Gasteiger partial charge in [0.1, 0.15) is 24.5 Å². The Morgan fingerprint density at radius 1 is 1.16 bits per heavy atom. The molecule has 1 unspecified atom stereocenters. The van der Waals surface area contributed by atoms with E-state index in [-0.39, 0.29) is 18.6 Å². The molecule has 2 aliphatic heterocycles. The number of likely N-dealkylation sites (tertiary alicyclic amines) is 1. The third-order valence-corrected chi connectivity index (χ3v) is 7.79. The van der Waals surface area contributed by atoms with Crippen LogP contribution in [0.4, 0.5) is 5.82 Å². The number of nitrogens with one attached hydrogen (secondary N) is 1. The van der Waals surface area contributed by atoms with Crippen LogP contribution in [0, 0.1) is 0 Å². The zero-order chi connectivity index (χ0) is 26.8. The molecule has 3 heterocycles. The number of aromatic nitrogens is 2. The maximum atomic E-state index is 14.1. The first-order valence-corrected chi connectivity index (χ1v) is 13.3. The Hall–Kier alpha value is -3.33. The maximum Gasteiger partial charge on any atom is 0.323 e. The molecule has 0 spiro atoms. The number of esters is 1. The third-order valence-electron chi connectivity index (χ3n) is 7.05. The van der Waals surface area contributed by atoms with Crippen LogP contribution in [0.2, 0.25) is 10.0 Å². The molecule has 38 heavy (non-hydrogen) atoms. The van der Waals surface area contributed by atoms with E-state index >= 15 is 0 Å². The highest BCUT2D eigenvalue weighted by Gasteiger charge is 2.39. The number of carbonyl (C=O) groups excluding carboxylic acids is 2. The zero-order valence-electron chi connectivity index (χ0n) is 20.9. The van der Waals surface area contributed by atoms with Gasteiger partial charge in [0, 0.05) is 18.3 Å². The van der Waals surface area contributed by atoms with E-state index in [9.17, 15) is 9.59 Å². The molecule has 0 bridgehead atoms. The summed E-state index contributed by atoms with van der Waals surface area (Å²) in [6.07, 6.45) is 3.62. The molecule has 1 amide bonds. The summed E-state index contributed by atoms with van der Waals surface area (Å²) >= 11 is 12.5. The van der Waals surface area contributed by atoms with E-state index in [0.717, 1.165) is 35.5 Å². The first-order chi connectivity index (χ1) is 18.3. The Bertz CT molecular complexity index is 1370. The first-order valence-electron chi connectivity index (χ1n) is 12.6. The summed E-state index contributed by atoms with van der Waals surface area (Å²) in [4.78, 5) is 28.5. The highest BCUT2D eigenvalue weighted by atomic mass is 35.5. The summed E-state index contributed by atoms with van der Waals surface area (Å²) in [5, 5.41) is 8.61. The lowest BCUT2D eigenvalue weighted by Crippen LogP contribution is -2.44. The standard InChI is InChI=1S/C28H29Cl2N5O3/c1-17-25(26(35-24(33-17)11-12-32-35)19-9-10-21(29)22(30)15-19)27(36)34-13-5-8-20(34)16-38-28(37)23(31)14-18-6-3-2-4-7-18/h2-4,6-7,9-12,15,20,23,26,33H,5,8,13-14,16,31H2,1H3/t20-,23-,26?/m0/s1. The second kappa shape index (κ2) is 11.2. The molecule has 2 aromatic carbocycles. The van der Waals surface area contributed by atoms with E-state index in [1.54, 1.807) is 27.9 Å². The normalized spacial score (nSPS) is 19.6. The largest absolute Gasteiger partial charge is 0.462 e. The van der Waals surface area contributed by atoms with Gasteiger partial charge in [-0.05, 0) is 49.4 Å². The molecule has 3 atom stereocenters. The number of fused-ring (bicyclic) bond motifs is 1. The Morgan fingerprint density at radius 2 is 1.95 bits per heavy atom. The number of rotatable bonds is 7. The lowest BCUT2D eigenvalue weighted by Gasteiger charge is -2.33. The van der Waals surface area contributed by atoms with Crippen LogP contribution in [0.1, 0.15) is 36.9 Å². The lowest BCUT2D eigenvalue weighted by atomic mass is 9.94. The van der Waals surface area contributed by atoms with E-state index in [4.69, 9.17) is 33.7 Å². The average Bonchev–Trinajstić information content (AvgIpc) is 3.57. The number of anilines is 1. The van der Waals surface area contributed by atoms with Gasteiger partial charge in [-0.2, -0.15) is 5.10 Å². The van der Waals surface area contributed by atoms with Crippen LogP contribution in [-0.4, -0.2) is 51.8 Å². The average molecular weight is 554 g/mol. The smallest absolute Gasteiger partial charge is 0.323 e. The van der Waals surface area contributed by atoms with Gasteiger partial charge in [0.25, 0.3) is 5.91 Å². The minimum Gasteiger partial charge on any atom is -0.462 e. The molecule has 2 aliphatic rings. The van der Waals surface area contributed by atoms with E-state index in [2.05, 4.69) is 10.4 Å². The van der Waals surface area contributed by atoms with Gasteiger partial charge in [-0.1, -0.05) is 59.6 Å². The van der Waals surface area contributed by atoms with Crippen molar-refractivity contribution in [3.63, 3.8) is 0 Å². The number of hydrogen-bond acceptors (Lipinski definition) is 6. The van der Waals surface area contributed by atoms with E-state index in [1.165, 1.54) is 0 Å². The van der Waals surface area contributed by atoms with E-state index in [1.807, 2.05) is 49.4 Å². The lowest BCUT2D eigenvalue weighted by molar-refractivity contribution is -0.148. The monoisotopic (exact) mass is 553 g/mol. The van der Waals surface area contributed by atoms with Crippen LogP contribution in [0.3, 0.4) is 0 Å². The fourth-order valence-electron chi connectivity index (χ4n) is 5.14. The quantitative estimate of drug-likeness (QED) is 0.415. The number of allylic oxidation sites excluding steroid dienone is 1. The number of carbonyl (C=O) groups is 2. The Balaban J connectivity index is 1.34. The van der Waals surface area contributed by atoms with Gasteiger partial charge in [-0.3, -0.25) is 9.59 Å². The molecule has 5 rings (SSSR count). The van der Waals surface area contributed by atoms with Gasteiger partial charge >= 0.3 is 5.97 Å². The van der Waals surface area contributed by atoms with Crippen LogP contribution in [0.15, 0.2) is 72.1 Å². The van der Waals surface area contributed by atoms with Crippen LogP contribution in [0.5, 0.6) is 0 Å². The predicted octanol–water partition coefficient (Wildman–Crippen LogP) is 4.58. The molecule has 0 saturated carbocycles. The van der Waals surface area contributed by atoms with Crippen LogP contribution in [0.25, 0.3) is 0 Å². The predicted molar refractivity (Wildman–Crippen MR) is 147 cm³/mol. The molecule has 1 aromatic heterocycles. The number of benzene rings is 2. The zero-order valence-corrected chi connectivity index (χ0v) is 22.5. The fourth-order valence-corrected chi connectivity index (χ4v) is 5.45. The summed E-state index contributed by atoms with van der Waals surface area (Å²) in [6.45, 7) is 2.53. The van der Waals surface area contributed by atoms with E-state index in [0.29, 0.717) is 28.6 Å². The van der Waals surface area contributed by atoms with Gasteiger partial charge < -0.3 is 20.7 Å². The van der Waals surface area contributed by atoms with Crippen molar-refractivity contribution in [2.45, 2.75) is 44.3 Å². The summed E-state index contributed by atoms with van der Waals surface area (Å²) < 4.78 is 7.37. The Morgan fingerprint density at radius 3 is 2.71 bits per heavy atom. The van der Waals surface area contributed by atoms with Crippen molar-refractivity contribution in [1.82, 2.24) is 14.7 Å². The van der Waals surface area contributed by atoms with Crippen molar-refractivity contribution < 1.29 is 14.3 Å². The molecule has 0 aliphatic carbocycles. The summed E-state index contributed by atoms with van der Waals surface area (Å²) in [6, 6.07) is 15.3. The van der Waals surface area contributed by atoms with Crippen LogP contribution >= 0.6 is 23.2 Å². The highest BCUT2D eigenvalue weighted by Crippen LogP contribution is 2.39. The van der Waals surface area contributed by atoms with Crippen molar-refractivity contribution in [3.05, 3.63) is 93.2 Å². The summed E-state index contributed by atoms with van der Waals surface area (Å²) in [5.41, 5.74) is 9.15. The molecule has 3 aromatic rings. The van der Waals surface area contributed by atoms with Crippen molar-refractivity contribution in [2.75, 3.05) is 18.5 Å². The first kappa shape index (κ1) is 26.3. The van der Waals surface area contributed by atoms with Crippen molar-refractivity contribution in [3.8, 4) is 0 Å². The van der Waals surface area contributed by atoms with Crippen LogP contribution < -0.4 is 11.1 Å². The molecule has 0 radical (unpaired) electrons. The van der Waals surface area contributed by atoms with Gasteiger partial charge in [0.15, 0.2) is 0 Å². The molecule has 10 heteroatoms. The molecule has 1 fully saturated rings. The Kier molecular flexibility index (Phi) is 7.74. The summed E-state index contributed by atoms with van der Waals surface area (Å²) in [5.74, 6) is 0.159. The van der Waals surface area contributed by atoms with Gasteiger partial charge in [0.05, 0.1) is 27.9 Å². The van der Waals surface area contributed by atoms with Gasteiger partial charge in [-0.15, -0.1) is 0 Å². The minimum atomic E-state index is -0.771. The Labute approximate surface area is 231 Å². The molecule has 3 N–H and O–H groups in total. The van der Waals surface area contributed by atoms with Crippen molar-refractivity contribution in [1.29, 1.82) is 0 Å². The fraction of sp³-hybridized carbons (Fsp3) is 0.321. The topological polar surface area (TPSA) is 102 Å². The summed E-state index contributed by atoms with van der Waals surface area (Å²) in [7, 11) is 0. The number of ether oxygens (including phenoxy) is 1. The van der Waals surface area contributed by atoms with E-state index < -0.39 is 18.1 Å². The number of hydrogen-bond donors (Lipinski definition) is 2. The third kappa shape index (κ3) is 5.29. The molecular weight excluding hydrogens is 525 g/mol. The second-order valence-electron chi connectivity index (χ2n) is 9.62. The molecule has 198 valence electrons. The number of nitrogens with zero attached hydrogens (tertiary/aromatic N) is 3.